The molecule has 0 spiro atoms. The molecule has 0 saturated heterocycles. The van der Waals surface area contributed by atoms with Crippen LogP contribution in [-0.4, -0.2) is 22.7 Å². The summed E-state index contributed by atoms with van der Waals surface area (Å²) >= 11 is 0. The molecule has 12 heavy (non-hydrogen) atoms. The van der Waals surface area contributed by atoms with Crippen molar-refractivity contribution >= 4 is 0 Å². The highest BCUT2D eigenvalue weighted by molar-refractivity contribution is 4.74. The lowest BCUT2D eigenvalue weighted by Gasteiger charge is -2.24. The van der Waals surface area contributed by atoms with Gasteiger partial charge in [0.25, 0.3) is 0 Å². The highest BCUT2D eigenvalue weighted by atomic mass is 16.6. The van der Waals surface area contributed by atoms with Crippen LogP contribution in [0.4, 0.5) is 0 Å². The minimum Gasteiger partial charge on any atom is -0.396 e. The van der Waals surface area contributed by atoms with Crippen LogP contribution in [0.3, 0.4) is 0 Å². The van der Waals surface area contributed by atoms with Crippen LogP contribution < -0.4 is 0 Å². The molecular formula is C8H15NO3. The minimum atomic E-state index is -0.397. The van der Waals surface area contributed by atoms with Gasteiger partial charge in [-0.05, 0) is 19.3 Å². The lowest BCUT2D eigenvalue weighted by atomic mass is 9.83. The van der Waals surface area contributed by atoms with Gasteiger partial charge >= 0.3 is 0 Å². The average molecular weight is 173 g/mol. The van der Waals surface area contributed by atoms with Gasteiger partial charge in [0, 0.05) is 23.9 Å². The molecule has 0 aliphatic heterocycles. The van der Waals surface area contributed by atoms with E-state index in [-0.39, 0.29) is 17.4 Å². The molecule has 0 bridgehead atoms. The molecule has 0 aromatic carbocycles. The number of aliphatic hydroxyl groups is 1. The highest BCUT2D eigenvalue weighted by Crippen LogP contribution is 2.28. The molecule has 4 nitrogen and oxygen atoms in total. The van der Waals surface area contributed by atoms with Crippen molar-refractivity contribution in [3.63, 3.8) is 0 Å². The van der Waals surface area contributed by atoms with Gasteiger partial charge in [0.2, 0.25) is 6.04 Å². The molecule has 1 aliphatic carbocycles. The quantitative estimate of drug-likeness (QED) is 0.515. The third-order valence-electron chi connectivity index (χ3n) is 2.64. The van der Waals surface area contributed by atoms with E-state index in [2.05, 4.69) is 0 Å². The third-order valence-corrected chi connectivity index (χ3v) is 2.64. The van der Waals surface area contributed by atoms with E-state index in [1.807, 2.05) is 0 Å². The van der Waals surface area contributed by atoms with Gasteiger partial charge in [0.15, 0.2) is 0 Å². The molecule has 70 valence electrons. The maximum absolute atomic E-state index is 10.6. The zero-order valence-corrected chi connectivity index (χ0v) is 7.11. The van der Waals surface area contributed by atoms with Crippen LogP contribution in [-0.2, 0) is 0 Å². The van der Waals surface area contributed by atoms with Crippen LogP contribution in [0.5, 0.6) is 0 Å². The average Bonchev–Trinajstić information content (AvgIpc) is 2.05. The monoisotopic (exact) mass is 173 g/mol. The van der Waals surface area contributed by atoms with E-state index in [0.29, 0.717) is 12.8 Å². The standard InChI is InChI=1S/C8H15NO3/c10-6-5-7-3-1-2-4-8(7)9(11)12/h7-8,10H,1-6H2/t7-,8-/m0/s1. The summed E-state index contributed by atoms with van der Waals surface area (Å²) in [5.41, 5.74) is 0. The Balaban J connectivity index is 2.48. The van der Waals surface area contributed by atoms with Crippen LogP contribution in [0.25, 0.3) is 0 Å². The molecule has 0 amide bonds. The van der Waals surface area contributed by atoms with Crippen molar-refractivity contribution in [1.82, 2.24) is 0 Å². The van der Waals surface area contributed by atoms with E-state index in [1.165, 1.54) is 0 Å². The van der Waals surface area contributed by atoms with Gasteiger partial charge in [0.1, 0.15) is 0 Å². The summed E-state index contributed by atoms with van der Waals surface area (Å²) in [6.07, 6.45) is 4.23. The van der Waals surface area contributed by atoms with Crippen molar-refractivity contribution in [2.75, 3.05) is 6.61 Å². The van der Waals surface area contributed by atoms with E-state index in [1.54, 1.807) is 0 Å². The topological polar surface area (TPSA) is 63.4 Å². The first kappa shape index (κ1) is 9.45. The van der Waals surface area contributed by atoms with E-state index in [9.17, 15) is 10.1 Å². The number of hydrogen-bond acceptors (Lipinski definition) is 3. The summed E-state index contributed by atoms with van der Waals surface area (Å²) in [5.74, 6) is 0.110. The first-order valence-corrected chi connectivity index (χ1v) is 4.50. The Morgan fingerprint density at radius 1 is 1.42 bits per heavy atom. The van der Waals surface area contributed by atoms with E-state index < -0.39 is 6.04 Å². The van der Waals surface area contributed by atoms with Crippen molar-refractivity contribution in [2.24, 2.45) is 5.92 Å². The van der Waals surface area contributed by atoms with Gasteiger partial charge in [0.05, 0.1) is 0 Å². The molecule has 1 rings (SSSR count). The Morgan fingerprint density at radius 3 is 2.67 bits per heavy atom. The van der Waals surface area contributed by atoms with Crippen LogP contribution in [0.1, 0.15) is 32.1 Å². The first-order valence-electron chi connectivity index (χ1n) is 4.50. The van der Waals surface area contributed by atoms with Crippen LogP contribution in [0, 0.1) is 16.0 Å². The molecule has 0 unspecified atom stereocenters. The Labute approximate surface area is 71.7 Å². The summed E-state index contributed by atoms with van der Waals surface area (Å²) in [6.45, 7) is 0.0784. The molecule has 0 aromatic heterocycles. The Kier molecular flexibility index (Phi) is 3.47. The molecule has 0 heterocycles. The smallest absolute Gasteiger partial charge is 0.216 e. The van der Waals surface area contributed by atoms with E-state index in [4.69, 9.17) is 5.11 Å². The number of hydrogen-bond donors (Lipinski definition) is 1. The fourth-order valence-electron chi connectivity index (χ4n) is 1.97. The summed E-state index contributed by atoms with van der Waals surface area (Å²) in [5, 5.41) is 19.3. The zero-order chi connectivity index (χ0) is 8.97. The fraction of sp³-hybridized carbons (Fsp3) is 1.00. The van der Waals surface area contributed by atoms with Crippen molar-refractivity contribution in [2.45, 2.75) is 38.1 Å². The Morgan fingerprint density at radius 2 is 2.08 bits per heavy atom. The SMILES string of the molecule is O=[N+]([O-])[C@H]1CCCC[C@H]1CCO. The molecule has 2 atom stereocenters. The molecule has 1 fully saturated rings. The van der Waals surface area contributed by atoms with Crippen molar-refractivity contribution in [3.05, 3.63) is 10.1 Å². The van der Waals surface area contributed by atoms with Gasteiger partial charge in [-0.25, -0.2) is 0 Å². The first-order chi connectivity index (χ1) is 5.75. The zero-order valence-electron chi connectivity index (χ0n) is 7.11. The lowest BCUT2D eigenvalue weighted by Crippen LogP contribution is -2.32. The summed E-state index contributed by atoms with van der Waals surface area (Å²) in [4.78, 5) is 10.4. The maximum atomic E-state index is 10.6. The van der Waals surface area contributed by atoms with Gasteiger partial charge in [-0.1, -0.05) is 6.42 Å². The van der Waals surface area contributed by atoms with Crippen LogP contribution in [0.15, 0.2) is 0 Å². The molecular weight excluding hydrogens is 158 g/mol. The summed E-state index contributed by atoms with van der Waals surface area (Å²) < 4.78 is 0. The van der Waals surface area contributed by atoms with E-state index in [0.717, 1.165) is 19.3 Å². The maximum Gasteiger partial charge on any atom is 0.216 e. The Hall–Kier alpha value is -0.640. The van der Waals surface area contributed by atoms with Gasteiger partial charge in [-0.15, -0.1) is 0 Å². The molecule has 0 radical (unpaired) electrons. The highest BCUT2D eigenvalue weighted by Gasteiger charge is 2.33. The predicted molar refractivity (Wildman–Crippen MR) is 44.4 cm³/mol. The predicted octanol–water partition coefficient (Wildman–Crippen LogP) is 1.20. The lowest BCUT2D eigenvalue weighted by molar-refractivity contribution is -0.536. The van der Waals surface area contributed by atoms with E-state index >= 15 is 0 Å². The van der Waals surface area contributed by atoms with Crippen molar-refractivity contribution in [3.8, 4) is 0 Å². The second-order valence-electron chi connectivity index (χ2n) is 3.41. The molecule has 4 heteroatoms. The minimum absolute atomic E-state index is 0.0784. The summed E-state index contributed by atoms with van der Waals surface area (Å²) in [6, 6.07) is -0.397. The van der Waals surface area contributed by atoms with Gasteiger partial charge in [-0.2, -0.15) is 0 Å². The van der Waals surface area contributed by atoms with Crippen molar-refractivity contribution < 1.29 is 10.0 Å². The number of nitrogens with zero attached hydrogens (tertiary/aromatic N) is 1. The number of aliphatic hydroxyl groups excluding tert-OH is 1. The molecule has 0 aromatic rings. The number of rotatable bonds is 3. The molecule has 1 aliphatic rings. The second-order valence-corrected chi connectivity index (χ2v) is 3.41. The fourth-order valence-corrected chi connectivity index (χ4v) is 1.97. The largest absolute Gasteiger partial charge is 0.396 e. The van der Waals surface area contributed by atoms with Gasteiger partial charge < -0.3 is 5.11 Å². The Bertz CT molecular complexity index is 158. The van der Waals surface area contributed by atoms with Crippen LogP contribution in [0.2, 0.25) is 0 Å². The number of nitro groups is 1. The third kappa shape index (κ3) is 2.17. The second kappa shape index (κ2) is 4.40. The van der Waals surface area contributed by atoms with Crippen molar-refractivity contribution in [1.29, 1.82) is 0 Å². The molecule has 1 N–H and O–H groups in total. The summed E-state index contributed by atoms with van der Waals surface area (Å²) in [7, 11) is 0. The molecule has 1 saturated carbocycles. The van der Waals surface area contributed by atoms with Crippen LogP contribution >= 0.6 is 0 Å². The normalized spacial score (nSPS) is 30.1. The van der Waals surface area contributed by atoms with Gasteiger partial charge in [-0.3, -0.25) is 10.1 Å².